The highest BCUT2D eigenvalue weighted by atomic mass is 35.5. The first kappa shape index (κ1) is 19.3. The van der Waals surface area contributed by atoms with Gasteiger partial charge in [0.2, 0.25) is 0 Å². The van der Waals surface area contributed by atoms with Crippen LogP contribution in [0, 0.1) is 10.1 Å². The number of hydrogen-bond acceptors (Lipinski definition) is 6. The molecule has 0 unspecified atom stereocenters. The highest BCUT2D eigenvalue weighted by Crippen LogP contribution is 2.13. The van der Waals surface area contributed by atoms with E-state index in [4.69, 9.17) is 16.3 Å². The van der Waals surface area contributed by atoms with E-state index in [1.807, 2.05) is 0 Å². The lowest BCUT2D eigenvalue weighted by molar-refractivity contribution is -0.384. The predicted octanol–water partition coefficient (Wildman–Crippen LogP) is 3.64. The van der Waals surface area contributed by atoms with Crippen LogP contribution < -0.4 is 0 Å². The van der Waals surface area contributed by atoms with Crippen molar-refractivity contribution in [2.45, 2.75) is 12.8 Å². The second kappa shape index (κ2) is 8.87. The van der Waals surface area contributed by atoms with E-state index >= 15 is 0 Å². The van der Waals surface area contributed by atoms with E-state index in [2.05, 4.69) is 0 Å². The first-order chi connectivity index (χ1) is 12.4. The first-order valence-corrected chi connectivity index (χ1v) is 7.96. The van der Waals surface area contributed by atoms with E-state index in [0.29, 0.717) is 10.6 Å². The summed E-state index contributed by atoms with van der Waals surface area (Å²) in [7, 11) is 0. The summed E-state index contributed by atoms with van der Waals surface area (Å²) in [6.45, 7) is -0.494. The van der Waals surface area contributed by atoms with Gasteiger partial charge in [0.1, 0.15) is 0 Å². The molecule has 2 rings (SSSR count). The number of ether oxygens (including phenoxy) is 1. The quantitative estimate of drug-likeness (QED) is 0.302. The Hall–Kier alpha value is -3.06. The predicted molar refractivity (Wildman–Crippen MR) is 93.4 cm³/mol. The zero-order valence-corrected chi connectivity index (χ0v) is 14.3. The van der Waals surface area contributed by atoms with Crippen molar-refractivity contribution in [3.63, 3.8) is 0 Å². The van der Waals surface area contributed by atoms with Crippen molar-refractivity contribution in [3.05, 3.63) is 74.8 Å². The molecule has 0 aliphatic rings. The number of benzene rings is 2. The Morgan fingerprint density at radius 3 is 2.00 bits per heavy atom. The summed E-state index contributed by atoms with van der Waals surface area (Å²) < 4.78 is 4.85. The Labute approximate surface area is 153 Å². The van der Waals surface area contributed by atoms with Crippen LogP contribution in [0.5, 0.6) is 0 Å². The number of nitro benzene ring substituents is 1. The summed E-state index contributed by atoms with van der Waals surface area (Å²) >= 11 is 5.74. The highest BCUT2D eigenvalue weighted by molar-refractivity contribution is 6.30. The normalized spacial score (nSPS) is 10.2. The molecule has 26 heavy (non-hydrogen) atoms. The van der Waals surface area contributed by atoms with Gasteiger partial charge in [-0.3, -0.25) is 24.5 Å². The van der Waals surface area contributed by atoms with Crippen molar-refractivity contribution in [2.75, 3.05) is 6.61 Å². The van der Waals surface area contributed by atoms with Crippen molar-refractivity contribution in [1.82, 2.24) is 0 Å². The van der Waals surface area contributed by atoms with Gasteiger partial charge in [0, 0.05) is 34.7 Å². The van der Waals surface area contributed by atoms with Crippen LogP contribution in [0.25, 0.3) is 0 Å². The van der Waals surface area contributed by atoms with E-state index in [9.17, 15) is 24.5 Å². The lowest BCUT2D eigenvalue weighted by Crippen LogP contribution is -2.15. The van der Waals surface area contributed by atoms with Crippen LogP contribution in [-0.4, -0.2) is 29.1 Å². The van der Waals surface area contributed by atoms with Gasteiger partial charge in [0.25, 0.3) is 5.69 Å². The fourth-order valence-corrected chi connectivity index (χ4v) is 2.19. The van der Waals surface area contributed by atoms with Crippen molar-refractivity contribution < 1.29 is 24.0 Å². The monoisotopic (exact) mass is 375 g/mol. The number of esters is 1. The van der Waals surface area contributed by atoms with Gasteiger partial charge in [-0.15, -0.1) is 0 Å². The molecule has 0 amide bonds. The minimum absolute atomic E-state index is 0.0494. The molecule has 0 aliphatic heterocycles. The topological polar surface area (TPSA) is 104 Å². The standard InChI is InChI=1S/C18H14ClNO6/c19-14-5-1-12(2-6-14)16(21)9-10-18(23)26-11-17(22)13-3-7-15(8-4-13)20(24)25/h1-8H,9-11H2. The van der Waals surface area contributed by atoms with Crippen LogP contribution in [-0.2, 0) is 9.53 Å². The summed E-state index contributed by atoms with van der Waals surface area (Å²) in [5.41, 5.74) is 0.490. The molecule has 0 spiro atoms. The number of ketones is 2. The van der Waals surface area contributed by atoms with Gasteiger partial charge in [-0.05, 0) is 36.4 Å². The van der Waals surface area contributed by atoms with Crippen LogP contribution in [0.2, 0.25) is 5.02 Å². The summed E-state index contributed by atoms with van der Waals surface area (Å²) in [5, 5.41) is 11.1. The Bertz CT molecular complexity index is 830. The molecule has 2 aromatic rings. The first-order valence-electron chi connectivity index (χ1n) is 7.59. The minimum atomic E-state index is -0.678. The van der Waals surface area contributed by atoms with Gasteiger partial charge in [-0.2, -0.15) is 0 Å². The third-order valence-electron chi connectivity index (χ3n) is 3.49. The fraction of sp³-hybridized carbons (Fsp3) is 0.167. The zero-order valence-electron chi connectivity index (χ0n) is 13.5. The van der Waals surface area contributed by atoms with Crippen molar-refractivity contribution in [3.8, 4) is 0 Å². The lowest BCUT2D eigenvalue weighted by Gasteiger charge is -2.05. The average molecular weight is 376 g/mol. The largest absolute Gasteiger partial charge is 0.457 e. The van der Waals surface area contributed by atoms with Crippen LogP contribution in [0.1, 0.15) is 33.6 Å². The van der Waals surface area contributed by atoms with Crippen molar-refractivity contribution in [2.24, 2.45) is 0 Å². The third-order valence-corrected chi connectivity index (χ3v) is 3.74. The summed E-state index contributed by atoms with van der Waals surface area (Å²) in [6.07, 6.45) is -0.207. The maximum atomic E-state index is 11.9. The van der Waals surface area contributed by atoms with Crippen LogP contribution in [0.4, 0.5) is 5.69 Å². The van der Waals surface area contributed by atoms with E-state index in [1.165, 1.54) is 24.3 Å². The van der Waals surface area contributed by atoms with Gasteiger partial charge in [-0.25, -0.2) is 0 Å². The maximum absolute atomic E-state index is 11.9. The van der Waals surface area contributed by atoms with Gasteiger partial charge in [-0.1, -0.05) is 11.6 Å². The molecule has 0 atom stereocenters. The van der Waals surface area contributed by atoms with Crippen molar-refractivity contribution >= 4 is 34.8 Å². The zero-order chi connectivity index (χ0) is 19.1. The number of nitro groups is 1. The second-order valence-electron chi connectivity index (χ2n) is 5.32. The third kappa shape index (κ3) is 5.49. The van der Waals surface area contributed by atoms with Gasteiger partial charge >= 0.3 is 5.97 Å². The molecule has 0 bridgehead atoms. The summed E-state index contributed by atoms with van der Waals surface area (Å²) in [5.74, 6) is -1.40. The highest BCUT2D eigenvalue weighted by Gasteiger charge is 2.14. The molecule has 2 aromatic carbocycles. The molecule has 0 aromatic heterocycles. The van der Waals surface area contributed by atoms with Crippen LogP contribution in [0.15, 0.2) is 48.5 Å². The molecule has 7 nitrogen and oxygen atoms in total. The fourth-order valence-electron chi connectivity index (χ4n) is 2.07. The maximum Gasteiger partial charge on any atom is 0.306 e. The van der Waals surface area contributed by atoms with Gasteiger partial charge in [0.05, 0.1) is 11.3 Å². The summed E-state index contributed by atoms with van der Waals surface area (Å²) in [4.78, 5) is 45.5. The SMILES string of the molecule is O=C(CCC(=O)c1ccc(Cl)cc1)OCC(=O)c1ccc([N+](=O)[O-])cc1. The van der Waals surface area contributed by atoms with Crippen LogP contribution >= 0.6 is 11.6 Å². The molecular weight excluding hydrogens is 362 g/mol. The van der Waals surface area contributed by atoms with E-state index in [-0.39, 0.29) is 29.9 Å². The average Bonchev–Trinajstić information content (AvgIpc) is 2.64. The number of halogens is 1. The molecular formula is C18H14ClNO6. The Kier molecular flexibility index (Phi) is 6.57. The Morgan fingerprint density at radius 2 is 1.42 bits per heavy atom. The lowest BCUT2D eigenvalue weighted by atomic mass is 10.1. The number of carbonyl (C=O) groups excluding carboxylic acids is 3. The van der Waals surface area contributed by atoms with Crippen molar-refractivity contribution in [1.29, 1.82) is 0 Å². The molecule has 0 N–H and O–H groups in total. The number of hydrogen-bond donors (Lipinski definition) is 0. The molecule has 0 heterocycles. The second-order valence-corrected chi connectivity index (χ2v) is 5.75. The number of nitrogens with zero attached hydrogens (tertiary/aromatic N) is 1. The minimum Gasteiger partial charge on any atom is -0.457 e. The van der Waals surface area contributed by atoms with Crippen LogP contribution in [0.3, 0.4) is 0 Å². The number of rotatable bonds is 8. The van der Waals surface area contributed by atoms with Gasteiger partial charge in [0.15, 0.2) is 18.2 Å². The van der Waals surface area contributed by atoms with E-state index in [1.54, 1.807) is 24.3 Å². The molecule has 0 aliphatic carbocycles. The molecule has 0 fully saturated rings. The smallest absolute Gasteiger partial charge is 0.306 e. The van der Waals surface area contributed by atoms with Gasteiger partial charge < -0.3 is 4.74 Å². The number of Topliss-reactive ketones (excluding diaryl/α,β-unsaturated/α-hetero) is 2. The number of non-ortho nitro benzene ring substituents is 1. The molecule has 134 valence electrons. The molecule has 8 heteroatoms. The molecule has 0 saturated heterocycles. The molecule has 0 saturated carbocycles. The van der Waals surface area contributed by atoms with E-state index < -0.39 is 23.3 Å². The Morgan fingerprint density at radius 1 is 0.885 bits per heavy atom. The van der Waals surface area contributed by atoms with E-state index in [0.717, 1.165) is 0 Å². The Balaban J connectivity index is 1.79. The summed E-state index contributed by atoms with van der Waals surface area (Å²) in [6, 6.07) is 11.3. The molecule has 0 radical (unpaired) electrons. The number of carbonyl (C=O) groups is 3.